The van der Waals surface area contributed by atoms with Crippen LogP contribution in [0, 0.1) is 29.6 Å². The van der Waals surface area contributed by atoms with Gasteiger partial charge < -0.3 is 4.74 Å². The maximum absolute atomic E-state index is 12.6. The van der Waals surface area contributed by atoms with E-state index in [0.29, 0.717) is 24.2 Å². The predicted octanol–water partition coefficient (Wildman–Crippen LogP) is 2.03. The normalized spacial score (nSPS) is 49.5. The number of Topliss-reactive ketones (excluding diaryl/α,β-unsaturated/α-hetero) is 2. The fourth-order valence-corrected chi connectivity index (χ4v) is 5.28. The highest BCUT2D eigenvalue weighted by Crippen LogP contribution is 2.61. The van der Waals surface area contributed by atoms with Crippen molar-refractivity contribution in [3.63, 3.8) is 0 Å². The Morgan fingerprint density at radius 3 is 2.79 bits per heavy atom. The number of allylic oxidation sites excluding steroid dienone is 3. The van der Waals surface area contributed by atoms with Gasteiger partial charge in [0.05, 0.1) is 0 Å². The molecule has 5 aliphatic rings. The molecule has 0 aromatic carbocycles. The third-order valence-electron chi connectivity index (χ3n) is 5.88. The Hall–Kier alpha value is -1.38. The molecule has 0 spiro atoms. The maximum Gasteiger partial charge on any atom is 0.177 e. The van der Waals surface area contributed by atoms with Crippen LogP contribution in [0.5, 0.6) is 0 Å². The topological polar surface area (TPSA) is 43.4 Å². The van der Waals surface area contributed by atoms with Gasteiger partial charge in [-0.1, -0.05) is 12.2 Å². The average Bonchev–Trinajstić information content (AvgIpc) is 3.11. The zero-order valence-electron chi connectivity index (χ0n) is 10.7. The molecule has 0 radical (unpaired) electrons. The lowest BCUT2D eigenvalue weighted by Crippen LogP contribution is -2.26. The quantitative estimate of drug-likeness (QED) is 0.623. The molecule has 2 bridgehead atoms. The van der Waals surface area contributed by atoms with E-state index in [2.05, 4.69) is 12.2 Å². The zero-order valence-corrected chi connectivity index (χ0v) is 10.7. The Morgan fingerprint density at radius 1 is 1.05 bits per heavy atom. The smallest absolute Gasteiger partial charge is 0.177 e. The molecule has 0 aromatic rings. The van der Waals surface area contributed by atoms with E-state index in [-0.39, 0.29) is 29.5 Å². The molecule has 3 nitrogen and oxygen atoms in total. The lowest BCUT2D eigenvalue weighted by Gasteiger charge is -2.25. The van der Waals surface area contributed by atoms with Gasteiger partial charge in [-0.3, -0.25) is 9.59 Å². The van der Waals surface area contributed by atoms with E-state index in [0.717, 1.165) is 30.6 Å². The number of carbonyl (C=O) groups is 2. The van der Waals surface area contributed by atoms with Crippen molar-refractivity contribution in [3.8, 4) is 0 Å². The fourth-order valence-electron chi connectivity index (χ4n) is 5.28. The number of fused-ring (bicyclic) bond motifs is 8. The summed E-state index contributed by atoms with van der Waals surface area (Å²) in [6, 6.07) is 0. The first-order valence-corrected chi connectivity index (χ1v) is 7.40. The van der Waals surface area contributed by atoms with Crippen molar-refractivity contribution in [2.24, 2.45) is 29.6 Å². The summed E-state index contributed by atoms with van der Waals surface area (Å²) in [4.78, 5) is 24.9. The molecular weight excluding hydrogens is 240 g/mol. The van der Waals surface area contributed by atoms with Crippen LogP contribution < -0.4 is 0 Å². The first kappa shape index (κ1) is 10.4. The number of carbonyl (C=O) groups excluding carboxylic acids is 2. The monoisotopic (exact) mass is 256 g/mol. The van der Waals surface area contributed by atoms with Crippen molar-refractivity contribution >= 4 is 11.6 Å². The summed E-state index contributed by atoms with van der Waals surface area (Å²) in [5, 5.41) is 0. The van der Waals surface area contributed by atoms with Gasteiger partial charge in [-0.05, 0) is 30.6 Å². The van der Waals surface area contributed by atoms with Crippen LogP contribution in [-0.2, 0) is 14.3 Å². The van der Waals surface area contributed by atoms with Crippen LogP contribution >= 0.6 is 0 Å². The molecule has 0 aromatic heterocycles. The van der Waals surface area contributed by atoms with Gasteiger partial charge >= 0.3 is 0 Å². The second-order valence-corrected chi connectivity index (χ2v) is 6.63. The molecule has 0 amide bonds. The molecule has 98 valence electrons. The van der Waals surface area contributed by atoms with Crippen LogP contribution in [-0.4, -0.2) is 17.7 Å². The van der Waals surface area contributed by atoms with E-state index in [1.165, 1.54) is 0 Å². The van der Waals surface area contributed by atoms with Crippen molar-refractivity contribution in [2.45, 2.75) is 31.8 Å². The van der Waals surface area contributed by atoms with E-state index in [9.17, 15) is 9.59 Å². The second kappa shape index (κ2) is 3.20. The molecule has 0 unspecified atom stereocenters. The van der Waals surface area contributed by atoms with Gasteiger partial charge in [-0.2, -0.15) is 0 Å². The van der Waals surface area contributed by atoms with Gasteiger partial charge in [0.2, 0.25) is 0 Å². The summed E-state index contributed by atoms with van der Waals surface area (Å²) in [5.41, 5.74) is 0.901. The predicted molar refractivity (Wildman–Crippen MR) is 67.0 cm³/mol. The Labute approximate surface area is 111 Å². The van der Waals surface area contributed by atoms with Crippen molar-refractivity contribution in [1.29, 1.82) is 0 Å². The highest BCUT2D eigenvalue weighted by molar-refractivity contribution is 6.01. The highest BCUT2D eigenvalue weighted by atomic mass is 16.5. The third kappa shape index (κ3) is 1.07. The van der Waals surface area contributed by atoms with Gasteiger partial charge in [0.1, 0.15) is 5.76 Å². The third-order valence-corrected chi connectivity index (χ3v) is 5.88. The van der Waals surface area contributed by atoms with Crippen LogP contribution in [0.15, 0.2) is 23.5 Å². The minimum atomic E-state index is -0.327. The number of ether oxygens (including phenoxy) is 1. The van der Waals surface area contributed by atoms with Crippen molar-refractivity contribution < 1.29 is 14.3 Å². The number of rotatable bonds is 0. The number of ketones is 2. The van der Waals surface area contributed by atoms with Crippen molar-refractivity contribution in [3.05, 3.63) is 23.5 Å². The summed E-state index contributed by atoms with van der Waals surface area (Å²) in [7, 11) is 0. The van der Waals surface area contributed by atoms with Crippen molar-refractivity contribution in [1.82, 2.24) is 0 Å². The van der Waals surface area contributed by atoms with E-state index in [4.69, 9.17) is 4.74 Å². The van der Waals surface area contributed by atoms with Crippen LogP contribution in [0.1, 0.15) is 25.7 Å². The van der Waals surface area contributed by atoms with Gasteiger partial charge in [0.15, 0.2) is 17.7 Å². The van der Waals surface area contributed by atoms with E-state index in [1.54, 1.807) is 0 Å². The van der Waals surface area contributed by atoms with Crippen LogP contribution in [0.25, 0.3) is 0 Å². The van der Waals surface area contributed by atoms with E-state index < -0.39 is 0 Å². The van der Waals surface area contributed by atoms with E-state index >= 15 is 0 Å². The molecule has 5 rings (SSSR count). The fraction of sp³-hybridized carbons (Fsp3) is 0.625. The average molecular weight is 256 g/mol. The summed E-state index contributed by atoms with van der Waals surface area (Å²) < 4.78 is 5.91. The Morgan fingerprint density at radius 2 is 1.89 bits per heavy atom. The summed E-state index contributed by atoms with van der Waals surface area (Å²) in [6.45, 7) is 0. The minimum absolute atomic E-state index is 0.0836. The molecule has 3 heteroatoms. The summed E-state index contributed by atoms with van der Waals surface area (Å²) >= 11 is 0. The second-order valence-electron chi connectivity index (χ2n) is 6.63. The Kier molecular flexibility index (Phi) is 1.75. The first-order chi connectivity index (χ1) is 9.25. The van der Waals surface area contributed by atoms with Crippen LogP contribution in [0.4, 0.5) is 0 Å². The summed E-state index contributed by atoms with van der Waals surface area (Å²) in [6.07, 6.45) is 7.64. The molecule has 19 heavy (non-hydrogen) atoms. The Balaban J connectivity index is 1.64. The largest absolute Gasteiger partial charge is 0.486 e. The van der Waals surface area contributed by atoms with E-state index in [1.807, 2.05) is 0 Å². The molecule has 2 fully saturated rings. The van der Waals surface area contributed by atoms with Crippen molar-refractivity contribution in [2.75, 3.05) is 0 Å². The molecular formula is C16H16O3. The molecule has 1 heterocycles. The molecule has 4 aliphatic carbocycles. The SMILES string of the molecule is O=C1CCCC2=C1[C@@H]1[C@@H]3[C@H](C(=O)[C@@H]1O2)[C@@H]1C=C[C@H]3C1. The lowest BCUT2D eigenvalue weighted by atomic mass is 9.75. The molecule has 6 atom stereocenters. The standard InChI is InChI=1S/C16H16O3/c17-9-2-1-3-10-13(9)14-11-7-4-5-8(6-7)12(11)15(18)16(14)19-10/h4-5,7-8,11-12,14,16H,1-3,6H2/t7-,8+,11-,12+,14-,16+/m0/s1. The Bertz CT molecular complexity index is 571. The maximum atomic E-state index is 12.6. The van der Waals surface area contributed by atoms with Crippen LogP contribution in [0.3, 0.4) is 0 Å². The van der Waals surface area contributed by atoms with Gasteiger partial charge in [-0.25, -0.2) is 0 Å². The molecule has 0 saturated heterocycles. The zero-order chi connectivity index (χ0) is 12.7. The molecule has 0 N–H and O–H groups in total. The first-order valence-electron chi connectivity index (χ1n) is 7.40. The lowest BCUT2D eigenvalue weighted by molar-refractivity contribution is -0.129. The minimum Gasteiger partial charge on any atom is -0.486 e. The highest BCUT2D eigenvalue weighted by Gasteiger charge is 2.64. The van der Waals surface area contributed by atoms with Gasteiger partial charge in [0.25, 0.3) is 0 Å². The number of hydrogen-bond acceptors (Lipinski definition) is 3. The summed E-state index contributed by atoms with van der Waals surface area (Å²) in [5.74, 6) is 2.85. The van der Waals surface area contributed by atoms with Crippen LogP contribution in [0.2, 0.25) is 0 Å². The molecule has 1 aliphatic heterocycles. The number of hydrogen-bond donors (Lipinski definition) is 0. The van der Waals surface area contributed by atoms with Gasteiger partial charge in [-0.15, -0.1) is 0 Å². The molecule has 2 saturated carbocycles. The van der Waals surface area contributed by atoms with Gasteiger partial charge in [0, 0.05) is 30.3 Å².